The minimum atomic E-state index is -0.391. The number of hydrogen-bond donors (Lipinski definition) is 1. The quantitative estimate of drug-likeness (QED) is 0.911. The summed E-state index contributed by atoms with van der Waals surface area (Å²) in [4.78, 5) is 12.1. The number of hydrogen-bond acceptors (Lipinski definition) is 2. The average Bonchev–Trinajstić information content (AvgIpc) is 2.40. The van der Waals surface area contributed by atoms with E-state index >= 15 is 0 Å². The molecule has 0 bridgehead atoms. The van der Waals surface area contributed by atoms with Crippen molar-refractivity contribution in [2.24, 2.45) is 0 Å². The van der Waals surface area contributed by atoms with Crippen molar-refractivity contribution in [3.63, 3.8) is 0 Å². The molecular weight excluding hydrogens is 279 g/mol. The maximum Gasteiger partial charge on any atom is 0.255 e. The first-order valence-electron chi connectivity index (χ1n) is 5.78. The zero-order chi connectivity index (χ0) is 14.7. The van der Waals surface area contributed by atoms with E-state index in [0.29, 0.717) is 21.8 Å². The summed E-state index contributed by atoms with van der Waals surface area (Å²) in [6.07, 6.45) is 0. The minimum absolute atomic E-state index is 0.278. The van der Waals surface area contributed by atoms with Crippen molar-refractivity contribution >= 4 is 23.2 Å². The van der Waals surface area contributed by atoms with Crippen LogP contribution in [0, 0.1) is 24.1 Å². The van der Waals surface area contributed by atoms with E-state index in [1.165, 1.54) is 30.3 Å². The number of amides is 1. The number of nitrogens with one attached hydrogen (secondary N) is 1. The van der Waals surface area contributed by atoms with Crippen molar-refractivity contribution in [3.05, 3.63) is 63.9 Å². The predicted molar refractivity (Wildman–Crippen MR) is 75.3 cm³/mol. The van der Waals surface area contributed by atoms with Crippen LogP contribution in [0.3, 0.4) is 0 Å². The number of anilines is 1. The van der Waals surface area contributed by atoms with Gasteiger partial charge in [0, 0.05) is 11.3 Å². The molecule has 3 nitrogen and oxygen atoms in total. The Morgan fingerprint density at radius 3 is 2.70 bits per heavy atom. The number of halogens is 2. The van der Waals surface area contributed by atoms with Crippen LogP contribution >= 0.6 is 11.6 Å². The van der Waals surface area contributed by atoms with E-state index in [2.05, 4.69) is 5.32 Å². The fourth-order valence-electron chi connectivity index (χ4n) is 1.77. The summed E-state index contributed by atoms with van der Waals surface area (Å²) in [6.45, 7) is 1.65. The van der Waals surface area contributed by atoms with Crippen LogP contribution in [0.1, 0.15) is 21.5 Å². The number of benzene rings is 2. The molecule has 2 aromatic rings. The molecule has 0 heterocycles. The van der Waals surface area contributed by atoms with Crippen molar-refractivity contribution in [2.45, 2.75) is 6.92 Å². The highest BCUT2D eigenvalue weighted by atomic mass is 35.5. The predicted octanol–water partition coefficient (Wildman–Crippen LogP) is 3.91. The van der Waals surface area contributed by atoms with Crippen LogP contribution in [0.4, 0.5) is 10.1 Å². The molecule has 0 atom stereocenters. The molecule has 2 rings (SSSR count). The van der Waals surface area contributed by atoms with Gasteiger partial charge in [0.15, 0.2) is 0 Å². The molecule has 0 unspecified atom stereocenters. The standard InChI is InChI=1S/C15H10ClFN2O/c1-9-6-11(17)2-4-13(9)15(20)19-12-3-5-14(16)10(7-12)8-18/h2-7H,1H3,(H,19,20). The molecule has 2 aromatic carbocycles. The summed E-state index contributed by atoms with van der Waals surface area (Å²) in [5.41, 5.74) is 1.65. The van der Waals surface area contributed by atoms with Crippen LogP contribution < -0.4 is 5.32 Å². The molecule has 0 saturated heterocycles. The monoisotopic (exact) mass is 288 g/mol. The smallest absolute Gasteiger partial charge is 0.255 e. The number of carbonyl (C=O) groups excluding carboxylic acids is 1. The van der Waals surface area contributed by atoms with Gasteiger partial charge in [-0.15, -0.1) is 0 Å². The summed E-state index contributed by atoms with van der Waals surface area (Å²) >= 11 is 5.82. The summed E-state index contributed by atoms with van der Waals surface area (Å²) < 4.78 is 13.0. The summed E-state index contributed by atoms with van der Waals surface area (Å²) in [7, 11) is 0. The second-order valence-electron chi connectivity index (χ2n) is 4.22. The van der Waals surface area contributed by atoms with Crippen molar-refractivity contribution in [2.75, 3.05) is 5.32 Å². The summed E-state index contributed by atoms with van der Waals surface area (Å²) in [5, 5.41) is 11.9. The molecule has 5 heteroatoms. The number of rotatable bonds is 2. The van der Waals surface area contributed by atoms with E-state index in [1.54, 1.807) is 13.0 Å². The van der Waals surface area contributed by atoms with E-state index < -0.39 is 5.82 Å². The van der Waals surface area contributed by atoms with Gasteiger partial charge in [-0.05, 0) is 48.9 Å². The van der Waals surface area contributed by atoms with Gasteiger partial charge >= 0.3 is 0 Å². The second kappa shape index (κ2) is 5.72. The van der Waals surface area contributed by atoms with Crippen molar-refractivity contribution < 1.29 is 9.18 Å². The minimum Gasteiger partial charge on any atom is -0.322 e. The summed E-state index contributed by atoms with van der Waals surface area (Å²) in [6, 6.07) is 10.5. The van der Waals surface area contributed by atoms with Crippen molar-refractivity contribution in [1.82, 2.24) is 0 Å². The molecule has 0 spiro atoms. The van der Waals surface area contributed by atoms with Gasteiger partial charge in [-0.25, -0.2) is 4.39 Å². The topological polar surface area (TPSA) is 52.9 Å². The Labute approximate surface area is 120 Å². The van der Waals surface area contributed by atoms with E-state index in [1.807, 2.05) is 6.07 Å². The average molecular weight is 289 g/mol. The van der Waals surface area contributed by atoms with Gasteiger partial charge in [-0.1, -0.05) is 11.6 Å². The molecule has 1 amide bonds. The molecular formula is C15H10ClFN2O. The molecule has 0 aromatic heterocycles. The van der Waals surface area contributed by atoms with Crippen LogP contribution in [-0.2, 0) is 0 Å². The Morgan fingerprint density at radius 2 is 2.05 bits per heavy atom. The highest BCUT2D eigenvalue weighted by Gasteiger charge is 2.11. The highest BCUT2D eigenvalue weighted by molar-refractivity contribution is 6.31. The van der Waals surface area contributed by atoms with Gasteiger partial charge in [0.25, 0.3) is 5.91 Å². The molecule has 20 heavy (non-hydrogen) atoms. The fourth-order valence-corrected chi connectivity index (χ4v) is 1.93. The molecule has 0 aliphatic carbocycles. The van der Waals surface area contributed by atoms with Crippen LogP contribution in [0.5, 0.6) is 0 Å². The van der Waals surface area contributed by atoms with Gasteiger partial charge in [0.05, 0.1) is 10.6 Å². The number of nitrogens with zero attached hydrogens (tertiary/aromatic N) is 1. The zero-order valence-corrected chi connectivity index (χ0v) is 11.3. The fraction of sp³-hybridized carbons (Fsp3) is 0.0667. The molecule has 0 saturated carbocycles. The van der Waals surface area contributed by atoms with Gasteiger partial charge in [-0.2, -0.15) is 5.26 Å². The molecule has 0 radical (unpaired) electrons. The molecule has 0 aliphatic heterocycles. The van der Waals surface area contributed by atoms with Gasteiger partial charge < -0.3 is 5.32 Å². The molecule has 1 N–H and O–H groups in total. The maximum atomic E-state index is 13.0. The van der Waals surface area contributed by atoms with Crippen LogP contribution in [-0.4, -0.2) is 5.91 Å². The van der Waals surface area contributed by atoms with Crippen molar-refractivity contribution in [1.29, 1.82) is 5.26 Å². The maximum absolute atomic E-state index is 13.0. The molecule has 100 valence electrons. The normalized spacial score (nSPS) is 9.90. The van der Waals surface area contributed by atoms with E-state index in [0.717, 1.165) is 0 Å². The van der Waals surface area contributed by atoms with Crippen LogP contribution in [0.2, 0.25) is 5.02 Å². The van der Waals surface area contributed by atoms with Crippen LogP contribution in [0.25, 0.3) is 0 Å². The number of nitriles is 1. The lowest BCUT2D eigenvalue weighted by Gasteiger charge is -2.08. The van der Waals surface area contributed by atoms with Gasteiger partial charge in [0.1, 0.15) is 11.9 Å². The van der Waals surface area contributed by atoms with E-state index in [-0.39, 0.29) is 11.5 Å². The third-order valence-electron chi connectivity index (χ3n) is 2.78. The van der Waals surface area contributed by atoms with Gasteiger partial charge in [0.2, 0.25) is 0 Å². The Balaban J connectivity index is 2.26. The lowest BCUT2D eigenvalue weighted by Crippen LogP contribution is -2.13. The lowest BCUT2D eigenvalue weighted by molar-refractivity contribution is 0.102. The Hall–Kier alpha value is -2.38. The SMILES string of the molecule is Cc1cc(F)ccc1C(=O)Nc1ccc(Cl)c(C#N)c1. The Morgan fingerprint density at radius 1 is 1.30 bits per heavy atom. The van der Waals surface area contributed by atoms with E-state index in [4.69, 9.17) is 16.9 Å². The molecule has 0 aliphatic rings. The van der Waals surface area contributed by atoms with Crippen LogP contribution in [0.15, 0.2) is 36.4 Å². The van der Waals surface area contributed by atoms with E-state index in [9.17, 15) is 9.18 Å². The number of aryl methyl sites for hydroxylation is 1. The Kier molecular flexibility index (Phi) is 4.02. The second-order valence-corrected chi connectivity index (χ2v) is 4.63. The summed E-state index contributed by atoms with van der Waals surface area (Å²) in [5.74, 6) is -0.758. The first kappa shape index (κ1) is 14.0. The lowest BCUT2D eigenvalue weighted by atomic mass is 10.1. The highest BCUT2D eigenvalue weighted by Crippen LogP contribution is 2.20. The largest absolute Gasteiger partial charge is 0.322 e. The first-order chi connectivity index (χ1) is 9.51. The zero-order valence-electron chi connectivity index (χ0n) is 10.6. The Bertz CT molecular complexity index is 722. The van der Waals surface area contributed by atoms with Crippen molar-refractivity contribution in [3.8, 4) is 6.07 Å². The molecule has 0 fully saturated rings. The number of carbonyl (C=O) groups is 1. The third-order valence-corrected chi connectivity index (χ3v) is 3.11. The third kappa shape index (κ3) is 2.95. The van der Waals surface area contributed by atoms with Gasteiger partial charge in [-0.3, -0.25) is 4.79 Å². The first-order valence-corrected chi connectivity index (χ1v) is 6.16.